The molecule has 4 saturated heterocycles. The quantitative estimate of drug-likeness (QED) is 0.0725. The minimum absolute atomic E-state index is 0. The van der Waals surface area contributed by atoms with Crippen molar-refractivity contribution in [3.05, 3.63) is 94.0 Å². The summed E-state index contributed by atoms with van der Waals surface area (Å²) in [7, 11) is 12.7. The highest BCUT2D eigenvalue weighted by Crippen LogP contribution is 2.41. The molecule has 0 unspecified atom stereocenters. The van der Waals surface area contributed by atoms with Crippen molar-refractivity contribution in [3.63, 3.8) is 0 Å². The van der Waals surface area contributed by atoms with Crippen LogP contribution in [0, 0.1) is 11.8 Å². The van der Waals surface area contributed by atoms with Gasteiger partial charge in [-0.15, -0.1) is 12.4 Å². The average molecular weight is 1110 g/mol. The first-order valence-electron chi connectivity index (χ1n) is 25.6. The summed E-state index contributed by atoms with van der Waals surface area (Å²) in [5.74, 6) is 4.07. The third kappa shape index (κ3) is 15.7. The number of methoxy groups -OCH3 is 6. The van der Waals surface area contributed by atoms with Crippen LogP contribution >= 0.6 is 35.6 Å². The minimum Gasteiger partial charge on any atom is -0.493 e. The lowest BCUT2D eigenvalue weighted by atomic mass is 9.89. The van der Waals surface area contributed by atoms with Gasteiger partial charge in [0.2, 0.25) is 11.5 Å². The predicted octanol–water partition coefficient (Wildman–Crippen LogP) is 8.38. The number of urea groups is 3. The number of ether oxygens (including phenoxy) is 6. The molecular formula is C55H76Cl3N9O9. The molecule has 18 nitrogen and oxygen atoms in total. The summed E-state index contributed by atoms with van der Waals surface area (Å²) in [5.41, 5.74) is 3.72. The van der Waals surface area contributed by atoms with Crippen LogP contribution in [0.25, 0.3) is 0 Å². The molecule has 4 aromatic carbocycles. The predicted molar refractivity (Wildman–Crippen MR) is 301 cm³/mol. The second-order valence-electron chi connectivity index (χ2n) is 19.7. The van der Waals surface area contributed by atoms with Crippen molar-refractivity contribution in [3.8, 4) is 34.5 Å². The lowest BCUT2D eigenvalue weighted by Gasteiger charge is -2.38. The summed E-state index contributed by atoms with van der Waals surface area (Å²) in [6, 6.07) is 22.5. The molecule has 5 N–H and O–H groups in total. The fourth-order valence-electron chi connectivity index (χ4n) is 10.8. The Morgan fingerprint density at radius 2 is 0.961 bits per heavy atom. The van der Waals surface area contributed by atoms with Crippen LogP contribution in [0.2, 0.25) is 10.0 Å². The van der Waals surface area contributed by atoms with Crippen LogP contribution in [-0.4, -0.2) is 171 Å². The molecule has 0 spiro atoms. The number of rotatable bonds is 16. The lowest BCUT2D eigenvalue weighted by Crippen LogP contribution is -2.54. The van der Waals surface area contributed by atoms with Gasteiger partial charge in [-0.1, -0.05) is 47.5 Å². The first-order valence-corrected chi connectivity index (χ1v) is 26.4. The maximum absolute atomic E-state index is 13.2. The molecule has 6 amide bonds. The van der Waals surface area contributed by atoms with E-state index in [0.717, 1.165) is 87.8 Å². The summed E-state index contributed by atoms with van der Waals surface area (Å²) in [5, 5.41) is 17.1. The Balaban J connectivity index is 0.000000245. The molecule has 0 radical (unpaired) electrons. The molecule has 4 aliphatic rings. The zero-order valence-electron chi connectivity index (χ0n) is 44.9. The number of anilines is 2. The van der Waals surface area contributed by atoms with Gasteiger partial charge in [0.15, 0.2) is 23.0 Å². The van der Waals surface area contributed by atoms with Gasteiger partial charge in [-0.3, -0.25) is 9.80 Å². The van der Waals surface area contributed by atoms with Gasteiger partial charge in [-0.25, -0.2) is 14.4 Å². The van der Waals surface area contributed by atoms with Gasteiger partial charge in [-0.05, 0) is 112 Å². The van der Waals surface area contributed by atoms with Gasteiger partial charge in [0.25, 0.3) is 0 Å². The summed E-state index contributed by atoms with van der Waals surface area (Å²) >= 11 is 12.1. The highest BCUT2D eigenvalue weighted by atomic mass is 35.5. The van der Waals surface area contributed by atoms with Crippen LogP contribution in [0.15, 0.2) is 72.8 Å². The van der Waals surface area contributed by atoms with E-state index in [4.69, 9.17) is 51.6 Å². The van der Waals surface area contributed by atoms with E-state index in [2.05, 4.69) is 60.6 Å². The van der Waals surface area contributed by atoms with Crippen LogP contribution in [0.1, 0.15) is 36.8 Å². The maximum Gasteiger partial charge on any atom is 0.319 e. The van der Waals surface area contributed by atoms with Crippen molar-refractivity contribution in [2.45, 2.75) is 62.7 Å². The number of carbonyl (C=O) groups excluding carboxylic acids is 3. The Morgan fingerprint density at radius 1 is 0.566 bits per heavy atom. The number of likely N-dealkylation sites (tertiary alicyclic amines) is 3. The van der Waals surface area contributed by atoms with Gasteiger partial charge in [0, 0.05) is 86.7 Å². The number of hydrogen-bond donors (Lipinski definition) is 5. The van der Waals surface area contributed by atoms with Gasteiger partial charge in [0.05, 0.1) is 66.1 Å². The van der Waals surface area contributed by atoms with Crippen LogP contribution in [0.4, 0.5) is 25.8 Å². The van der Waals surface area contributed by atoms with Gasteiger partial charge < -0.3 is 64.8 Å². The Bertz CT molecular complexity index is 2460. The molecule has 8 rings (SSSR count). The molecule has 0 bridgehead atoms. The summed E-state index contributed by atoms with van der Waals surface area (Å²) in [6.45, 7) is 6.53. The third-order valence-corrected chi connectivity index (χ3v) is 15.2. The second-order valence-corrected chi connectivity index (χ2v) is 20.6. The lowest BCUT2D eigenvalue weighted by molar-refractivity contribution is 0.121. The van der Waals surface area contributed by atoms with Crippen LogP contribution in [0.5, 0.6) is 34.5 Å². The standard InChI is InChI=1S/C29H40ClN5O5.C26H35ClN4O4.ClH/c1-33(2)29(37)35-17-23(32-28(36)31-22-15-25(38-3)27(40-5)26(16-22)39-4)24(18-35)34-12-10-20(11-13-34)14-19-6-8-21(30)9-7-19;1-33-23-13-20(14-24(34-2)25(23)35-3)29-26(32)30-21-15-28-16-22(21)31-10-8-18(9-11-31)12-17-4-6-19(27)7-5-17;/h6-9,15-16,20,23-24H,10-14,17-18H2,1-5H3,(H2,31,32,36);4-7,13-14,18,21-22,28H,8-12,15-16H2,1-3H3,(H2,29,30,32);1H/t23-,24-;21-,22-;/m11./s1. The van der Waals surface area contributed by atoms with Crippen molar-refractivity contribution in [2.75, 3.05) is 120 Å². The Hall–Kier alpha value is -5.76. The molecule has 21 heteroatoms. The topological polar surface area (TPSA) is 180 Å². The van der Waals surface area contributed by atoms with Gasteiger partial charge >= 0.3 is 18.1 Å². The van der Waals surface area contributed by atoms with E-state index >= 15 is 0 Å². The Morgan fingerprint density at radius 3 is 1.34 bits per heavy atom. The first-order chi connectivity index (χ1) is 36.2. The highest BCUT2D eigenvalue weighted by Gasteiger charge is 2.41. The van der Waals surface area contributed by atoms with E-state index in [0.29, 0.717) is 70.8 Å². The molecule has 0 aliphatic carbocycles. The monoisotopic (exact) mass is 1110 g/mol. The zero-order chi connectivity index (χ0) is 53.6. The first kappa shape index (κ1) is 59.5. The van der Waals surface area contributed by atoms with E-state index in [-0.39, 0.29) is 54.7 Å². The molecular weight excluding hydrogens is 1040 g/mol. The van der Waals surface area contributed by atoms with E-state index in [9.17, 15) is 14.4 Å². The smallest absolute Gasteiger partial charge is 0.319 e. The Kier molecular flexibility index (Phi) is 22.4. The number of amides is 6. The molecule has 4 atom stereocenters. The second kappa shape index (κ2) is 28.6. The molecule has 4 fully saturated rings. The third-order valence-electron chi connectivity index (χ3n) is 14.7. The van der Waals surface area contributed by atoms with Crippen molar-refractivity contribution in [2.24, 2.45) is 11.8 Å². The minimum atomic E-state index is -0.360. The molecule has 4 aliphatic heterocycles. The largest absolute Gasteiger partial charge is 0.493 e. The van der Waals surface area contributed by atoms with E-state index in [1.165, 1.54) is 32.5 Å². The molecule has 0 saturated carbocycles. The average Bonchev–Trinajstić information content (AvgIpc) is 4.06. The van der Waals surface area contributed by atoms with Crippen LogP contribution in [-0.2, 0) is 12.8 Å². The van der Waals surface area contributed by atoms with Crippen molar-refractivity contribution < 1.29 is 42.8 Å². The Labute approximate surface area is 464 Å². The number of nitrogens with zero attached hydrogens (tertiary/aromatic N) is 4. The van der Waals surface area contributed by atoms with E-state index < -0.39 is 0 Å². The maximum atomic E-state index is 13.2. The number of halogens is 3. The fraction of sp³-hybridized carbons (Fsp3) is 0.509. The number of hydrogen-bond acceptors (Lipinski definition) is 12. The van der Waals surface area contributed by atoms with Crippen molar-refractivity contribution in [1.82, 2.24) is 35.6 Å². The van der Waals surface area contributed by atoms with Crippen molar-refractivity contribution in [1.29, 1.82) is 0 Å². The van der Waals surface area contributed by atoms with E-state index in [1.54, 1.807) is 64.6 Å². The molecule has 4 heterocycles. The van der Waals surface area contributed by atoms with Crippen molar-refractivity contribution >= 4 is 65.1 Å². The molecule has 0 aromatic heterocycles. The normalized spacial score (nSPS) is 20.0. The van der Waals surface area contributed by atoms with Gasteiger partial charge in [-0.2, -0.15) is 0 Å². The molecule has 416 valence electrons. The molecule has 4 aromatic rings. The summed E-state index contributed by atoms with van der Waals surface area (Å²) < 4.78 is 32.3. The highest BCUT2D eigenvalue weighted by molar-refractivity contribution is 6.30. The number of benzene rings is 4. The zero-order valence-corrected chi connectivity index (χ0v) is 47.2. The SMILES string of the molecule is COc1cc(NC(=O)N[C@@H]2CN(C(=O)N(C)C)C[C@H]2N2CCC(Cc3ccc(Cl)cc3)CC2)cc(OC)c1OC.COc1cc(NC(=O)N[C@@H]2CNC[C@H]2N2CCC(Cc3ccc(Cl)cc3)CC2)cc(OC)c1OC.Cl. The number of nitrogens with one attached hydrogen (secondary N) is 5. The van der Waals surface area contributed by atoms with Crippen LogP contribution in [0.3, 0.4) is 0 Å². The van der Waals surface area contributed by atoms with Gasteiger partial charge in [0.1, 0.15) is 0 Å². The van der Waals surface area contributed by atoms with E-state index in [1.807, 2.05) is 29.2 Å². The number of carbonyl (C=O) groups is 3. The number of piperidine rings is 2. The fourth-order valence-corrected chi connectivity index (χ4v) is 11.0. The molecule has 76 heavy (non-hydrogen) atoms. The van der Waals surface area contributed by atoms with Crippen LogP contribution < -0.4 is 55.0 Å². The summed E-state index contributed by atoms with van der Waals surface area (Å²) in [6.07, 6.45) is 6.55. The summed E-state index contributed by atoms with van der Waals surface area (Å²) in [4.78, 5) is 47.2.